The lowest BCUT2D eigenvalue weighted by atomic mass is 10.0. The molecular weight excluding hydrogens is 330 g/mol. The van der Waals surface area contributed by atoms with Gasteiger partial charge < -0.3 is 14.5 Å². The van der Waals surface area contributed by atoms with Crippen molar-refractivity contribution >= 4 is 23.0 Å². The molecule has 4 rings (SSSR count). The summed E-state index contributed by atoms with van der Waals surface area (Å²) < 4.78 is 11.1. The molecule has 0 radical (unpaired) electrons. The maximum absolute atomic E-state index is 12.4. The summed E-state index contributed by atoms with van der Waals surface area (Å²) in [5, 5.41) is 3.46. The van der Waals surface area contributed by atoms with Crippen LogP contribution in [0.5, 0.6) is 5.75 Å². The van der Waals surface area contributed by atoms with E-state index >= 15 is 0 Å². The van der Waals surface area contributed by atoms with Gasteiger partial charge in [0.15, 0.2) is 5.43 Å². The highest BCUT2D eigenvalue weighted by molar-refractivity contribution is 5.92. The van der Waals surface area contributed by atoms with Crippen LogP contribution in [0.2, 0.25) is 0 Å². The first-order valence-electron chi connectivity index (χ1n) is 8.43. The van der Waals surface area contributed by atoms with Crippen LogP contribution in [0.3, 0.4) is 0 Å². The molecule has 0 bridgehead atoms. The lowest BCUT2D eigenvalue weighted by Gasteiger charge is -2.26. The van der Waals surface area contributed by atoms with E-state index in [1.165, 1.54) is 18.4 Å². The van der Waals surface area contributed by atoms with Crippen molar-refractivity contribution in [3.05, 3.63) is 82.2 Å². The summed E-state index contributed by atoms with van der Waals surface area (Å²) in [6, 6.07) is 14.6. The number of para-hydroxylation sites is 2. The molecule has 3 aromatic rings. The Morgan fingerprint density at radius 1 is 1.12 bits per heavy atom. The molecule has 2 aromatic carbocycles. The first kappa shape index (κ1) is 16.1. The number of fused-ring (bicyclic) bond motifs is 2. The molecule has 0 spiro atoms. The van der Waals surface area contributed by atoms with Crippen molar-refractivity contribution in [1.82, 2.24) is 5.32 Å². The molecule has 2 heterocycles. The van der Waals surface area contributed by atoms with Crippen molar-refractivity contribution in [2.45, 2.75) is 12.5 Å². The van der Waals surface area contributed by atoms with Gasteiger partial charge in [0.05, 0.1) is 23.6 Å². The monoisotopic (exact) mass is 347 g/mol. The van der Waals surface area contributed by atoms with Crippen LogP contribution in [0.25, 0.3) is 17.0 Å². The van der Waals surface area contributed by atoms with E-state index in [1.54, 1.807) is 24.3 Å². The van der Waals surface area contributed by atoms with Gasteiger partial charge in [0.25, 0.3) is 0 Å². The van der Waals surface area contributed by atoms with Crippen LogP contribution in [-0.4, -0.2) is 12.5 Å². The van der Waals surface area contributed by atoms with Crippen molar-refractivity contribution in [3.8, 4) is 5.75 Å². The van der Waals surface area contributed by atoms with Gasteiger partial charge in [-0.25, -0.2) is 0 Å². The van der Waals surface area contributed by atoms with Crippen LogP contribution in [-0.2, 0) is 4.79 Å². The number of benzene rings is 2. The first-order chi connectivity index (χ1) is 12.7. The Balaban J connectivity index is 1.52. The van der Waals surface area contributed by atoms with Crippen LogP contribution in [0, 0.1) is 0 Å². The van der Waals surface area contributed by atoms with Gasteiger partial charge in [0, 0.05) is 18.1 Å². The maximum atomic E-state index is 12.4. The van der Waals surface area contributed by atoms with Crippen LogP contribution in [0.15, 0.2) is 70.1 Å². The third-order valence-electron chi connectivity index (χ3n) is 4.40. The lowest BCUT2D eigenvalue weighted by molar-refractivity contribution is -0.117. The smallest absolute Gasteiger partial charge is 0.244 e. The number of carbonyl (C=O) groups is 1. The number of hydrogen-bond donors (Lipinski definition) is 1. The predicted molar refractivity (Wildman–Crippen MR) is 99.0 cm³/mol. The summed E-state index contributed by atoms with van der Waals surface area (Å²) >= 11 is 0. The Morgan fingerprint density at radius 3 is 2.85 bits per heavy atom. The molecule has 26 heavy (non-hydrogen) atoms. The third kappa shape index (κ3) is 3.11. The molecule has 5 nitrogen and oxygen atoms in total. The topological polar surface area (TPSA) is 68.5 Å². The van der Waals surface area contributed by atoms with Gasteiger partial charge in [-0.2, -0.15) is 0 Å². The fourth-order valence-corrected chi connectivity index (χ4v) is 3.09. The molecule has 1 unspecified atom stereocenters. The van der Waals surface area contributed by atoms with E-state index in [1.807, 2.05) is 24.3 Å². The van der Waals surface area contributed by atoms with Gasteiger partial charge in [-0.05, 0) is 24.3 Å². The summed E-state index contributed by atoms with van der Waals surface area (Å²) in [5.41, 5.74) is 1.67. The highest BCUT2D eigenvalue weighted by Crippen LogP contribution is 2.31. The van der Waals surface area contributed by atoms with Crippen molar-refractivity contribution in [1.29, 1.82) is 0 Å². The van der Waals surface area contributed by atoms with Gasteiger partial charge in [0.1, 0.15) is 17.6 Å². The third-order valence-corrected chi connectivity index (χ3v) is 4.40. The highest BCUT2D eigenvalue weighted by atomic mass is 16.5. The SMILES string of the molecule is O=C(/C=C/c1coc2ccccc2c1=O)NC1CCOc2ccccc21. The molecule has 0 fully saturated rings. The highest BCUT2D eigenvalue weighted by Gasteiger charge is 2.21. The number of carbonyl (C=O) groups excluding carboxylic acids is 1. The predicted octanol–water partition coefficient (Wildman–Crippen LogP) is 3.45. The standard InChI is InChI=1S/C21H17NO4/c23-20(22-17-11-12-25-18-7-3-1-5-15(17)18)10-9-14-13-26-19-8-4-2-6-16(19)21(14)24/h1-10,13,17H,11-12H2,(H,22,23)/b10-9+. The molecule has 5 heteroatoms. The second-order valence-electron chi connectivity index (χ2n) is 6.09. The van der Waals surface area contributed by atoms with Crippen molar-refractivity contribution in [3.63, 3.8) is 0 Å². The molecule has 1 aromatic heterocycles. The Hall–Kier alpha value is -3.34. The largest absolute Gasteiger partial charge is 0.493 e. The quantitative estimate of drug-likeness (QED) is 0.737. The average Bonchev–Trinajstić information content (AvgIpc) is 2.68. The molecule has 1 N–H and O–H groups in total. The summed E-state index contributed by atoms with van der Waals surface area (Å²) in [7, 11) is 0. The van der Waals surface area contributed by atoms with Crippen molar-refractivity contribution in [2.24, 2.45) is 0 Å². The van der Waals surface area contributed by atoms with E-state index in [-0.39, 0.29) is 17.4 Å². The molecule has 1 atom stereocenters. The van der Waals surface area contributed by atoms with Crippen LogP contribution >= 0.6 is 0 Å². The van der Waals surface area contributed by atoms with E-state index in [0.29, 0.717) is 29.6 Å². The number of rotatable bonds is 3. The number of nitrogens with one attached hydrogen (secondary N) is 1. The normalized spacial score (nSPS) is 16.2. The van der Waals surface area contributed by atoms with Gasteiger partial charge in [0.2, 0.25) is 5.91 Å². The maximum Gasteiger partial charge on any atom is 0.244 e. The fourth-order valence-electron chi connectivity index (χ4n) is 3.09. The Kier molecular flexibility index (Phi) is 4.27. The summed E-state index contributed by atoms with van der Waals surface area (Å²) in [5.74, 6) is 0.530. The van der Waals surface area contributed by atoms with E-state index in [2.05, 4.69) is 5.32 Å². The zero-order valence-corrected chi connectivity index (χ0v) is 14.0. The zero-order valence-electron chi connectivity index (χ0n) is 14.0. The van der Waals surface area contributed by atoms with Crippen molar-refractivity contribution in [2.75, 3.05) is 6.61 Å². The summed E-state index contributed by atoms with van der Waals surface area (Å²) in [4.78, 5) is 24.7. The molecule has 1 amide bonds. The zero-order chi connectivity index (χ0) is 17.9. The number of amides is 1. The van der Waals surface area contributed by atoms with Gasteiger partial charge in [-0.3, -0.25) is 9.59 Å². The fraction of sp³-hybridized carbons (Fsp3) is 0.143. The molecule has 1 aliphatic rings. The van der Waals surface area contributed by atoms with E-state index in [4.69, 9.17) is 9.15 Å². The molecule has 130 valence electrons. The average molecular weight is 347 g/mol. The van der Waals surface area contributed by atoms with Gasteiger partial charge in [-0.15, -0.1) is 0 Å². The minimum absolute atomic E-state index is 0.106. The Bertz CT molecular complexity index is 1050. The summed E-state index contributed by atoms with van der Waals surface area (Å²) in [6.07, 6.45) is 4.92. The van der Waals surface area contributed by atoms with E-state index in [9.17, 15) is 9.59 Å². The van der Waals surface area contributed by atoms with Crippen molar-refractivity contribution < 1.29 is 13.9 Å². The van der Waals surface area contributed by atoms with Crippen LogP contribution < -0.4 is 15.5 Å². The first-order valence-corrected chi connectivity index (χ1v) is 8.43. The molecule has 0 aliphatic carbocycles. The number of hydrogen-bond acceptors (Lipinski definition) is 4. The molecule has 1 aliphatic heterocycles. The minimum atomic E-state index is -0.265. The van der Waals surface area contributed by atoms with Gasteiger partial charge >= 0.3 is 0 Å². The second-order valence-corrected chi connectivity index (χ2v) is 6.09. The van der Waals surface area contributed by atoms with E-state index in [0.717, 1.165) is 11.3 Å². The van der Waals surface area contributed by atoms with Crippen LogP contribution in [0.4, 0.5) is 0 Å². The van der Waals surface area contributed by atoms with Crippen LogP contribution in [0.1, 0.15) is 23.6 Å². The number of ether oxygens (including phenoxy) is 1. The summed E-state index contributed by atoms with van der Waals surface area (Å²) in [6.45, 7) is 0.555. The Labute approximate surface area is 149 Å². The molecular formula is C21H17NO4. The van der Waals surface area contributed by atoms with E-state index < -0.39 is 0 Å². The molecule has 0 saturated heterocycles. The van der Waals surface area contributed by atoms with Gasteiger partial charge in [-0.1, -0.05) is 30.3 Å². The second kappa shape index (κ2) is 6.88. The molecule has 0 saturated carbocycles. The lowest BCUT2D eigenvalue weighted by Crippen LogP contribution is -2.30. The minimum Gasteiger partial charge on any atom is -0.493 e. The Morgan fingerprint density at radius 2 is 1.92 bits per heavy atom.